The van der Waals surface area contributed by atoms with Crippen molar-refractivity contribution in [2.75, 3.05) is 13.2 Å². The van der Waals surface area contributed by atoms with Crippen molar-refractivity contribution in [3.8, 4) is 0 Å². The van der Waals surface area contributed by atoms with Gasteiger partial charge in [-0.15, -0.1) is 0 Å². The van der Waals surface area contributed by atoms with Crippen LogP contribution in [-0.2, 0) is 28.6 Å². The molecule has 0 heterocycles. The number of allylic oxidation sites excluding steroid dienone is 22. The minimum Gasteiger partial charge on any atom is -0.462 e. The molecular weight excluding hydrogens is 925 g/mol. The third kappa shape index (κ3) is 60.3. The first-order valence-electron chi connectivity index (χ1n) is 30.7. The monoisotopic (exact) mass is 1040 g/mol. The third-order valence-electron chi connectivity index (χ3n) is 12.6. The number of carbonyl (C=O) groups is 3. The van der Waals surface area contributed by atoms with Crippen LogP contribution in [0.4, 0.5) is 0 Å². The molecule has 1 atom stereocenters. The summed E-state index contributed by atoms with van der Waals surface area (Å²) in [6.45, 7) is 6.36. The van der Waals surface area contributed by atoms with Gasteiger partial charge in [0.1, 0.15) is 13.2 Å². The van der Waals surface area contributed by atoms with Gasteiger partial charge in [-0.1, -0.05) is 244 Å². The zero-order valence-electron chi connectivity index (χ0n) is 48.5. The van der Waals surface area contributed by atoms with Crippen molar-refractivity contribution < 1.29 is 28.6 Å². The summed E-state index contributed by atoms with van der Waals surface area (Å²) in [5.41, 5.74) is 0. The van der Waals surface area contributed by atoms with Crippen molar-refractivity contribution in [2.24, 2.45) is 0 Å². The van der Waals surface area contributed by atoms with Gasteiger partial charge >= 0.3 is 17.9 Å². The molecule has 0 radical (unpaired) electrons. The summed E-state index contributed by atoms with van der Waals surface area (Å²) in [7, 11) is 0. The van der Waals surface area contributed by atoms with Crippen LogP contribution in [-0.4, -0.2) is 37.2 Å². The highest BCUT2D eigenvalue weighted by Gasteiger charge is 2.19. The zero-order chi connectivity index (χ0) is 54.3. The van der Waals surface area contributed by atoms with E-state index in [9.17, 15) is 14.4 Å². The number of carbonyl (C=O) groups excluding carboxylic acids is 3. The molecule has 0 saturated heterocycles. The molecule has 0 spiro atoms. The maximum Gasteiger partial charge on any atom is 0.306 e. The van der Waals surface area contributed by atoms with Gasteiger partial charge in [0.2, 0.25) is 0 Å². The molecule has 75 heavy (non-hydrogen) atoms. The minimum absolute atomic E-state index is 0.103. The summed E-state index contributed by atoms with van der Waals surface area (Å²) in [4.78, 5) is 38.3. The van der Waals surface area contributed by atoms with Gasteiger partial charge < -0.3 is 14.2 Å². The van der Waals surface area contributed by atoms with Crippen molar-refractivity contribution >= 4 is 17.9 Å². The normalized spacial score (nSPS) is 13.1. The van der Waals surface area contributed by atoms with Crippen LogP contribution in [0.25, 0.3) is 0 Å². The highest BCUT2D eigenvalue weighted by molar-refractivity contribution is 5.71. The summed E-state index contributed by atoms with van der Waals surface area (Å²) in [6, 6.07) is 0. The quantitative estimate of drug-likeness (QED) is 0.0261. The second kappa shape index (κ2) is 62.1. The van der Waals surface area contributed by atoms with Gasteiger partial charge in [-0.05, 0) is 135 Å². The molecule has 6 nitrogen and oxygen atoms in total. The molecule has 6 heteroatoms. The molecule has 1 unspecified atom stereocenters. The summed E-state index contributed by atoms with van der Waals surface area (Å²) < 4.78 is 16.9. The fourth-order valence-electron chi connectivity index (χ4n) is 8.08. The fraction of sp³-hybridized carbons (Fsp3) is 0.638. The number of hydrogen-bond acceptors (Lipinski definition) is 6. The van der Waals surface area contributed by atoms with Crippen LogP contribution in [0.1, 0.15) is 265 Å². The summed E-state index contributed by atoms with van der Waals surface area (Å²) in [5, 5.41) is 0. The third-order valence-corrected chi connectivity index (χ3v) is 12.6. The Balaban J connectivity index is 4.50. The van der Waals surface area contributed by atoms with Gasteiger partial charge in [0, 0.05) is 19.3 Å². The van der Waals surface area contributed by atoms with Gasteiger partial charge in [0.15, 0.2) is 6.10 Å². The van der Waals surface area contributed by atoms with E-state index in [2.05, 4.69) is 154 Å². The van der Waals surface area contributed by atoms with E-state index in [4.69, 9.17) is 14.2 Å². The first-order valence-corrected chi connectivity index (χ1v) is 30.7. The van der Waals surface area contributed by atoms with E-state index in [0.717, 1.165) is 161 Å². The molecule has 0 saturated carbocycles. The van der Waals surface area contributed by atoms with Crippen molar-refractivity contribution in [1.82, 2.24) is 0 Å². The van der Waals surface area contributed by atoms with Gasteiger partial charge in [0.25, 0.3) is 0 Å². The van der Waals surface area contributed by atoms with Crippen LogP contribution in [0.5, 0.6) is 0 Å². The molecule has 0 aliphatic heterocycles. The van der Waals surface area contributed by atoms with E-state index in [-0.39, 0.29) is 31.1 Å². The Morgan fingerprint density at radius 1 is 0.280 bits per heavy atom. The van der Waals surface area contributed by atoms with E-state index in [0.29, 0.717) is 19.3 Å². The second-order valence-corrected chi connectivity index (χ2v) is 19.8. The fourth-order valence-corrected chi connectivity index (χ4v) is 8.08. The summed E-state index contributed by atoms with van der Waals surface area (Å²) >= 11 is 0. The largest absolute Gasteiger partial charge is 0.462 e. The lowest BCUT2D eigenvalue weighted by Crippen LogP contribution is -2.30. The van der Waals surface area contributed by atoms with E-state index in [1.165, 1.54) is 64.2 Å². The zero-order valence-corrected chi connectivity index (χ0v) is 48.5. The smallest absolute Gasteiger partial charge is 0.306 e. The Kier molecular flexibility index (Phi) is 58.4. The van der Waals surface area contributed by atoms with E-state index in [1.54, 1.807) is 0 Å². The van der Waals surface area contributed by atoms with Crippen LogP contribution in [0.2, 0.25) is 0 Å². The standard InChI is InChI=1S/C69H112O6/c1-4-7-10-13-16-19-22-25-28-31-33-34-36-38-41-44-47-50-53-56-59-62-68(71)74-65-66(64-73-67(70)61-58-55-52-49-46-43-40-37-30-27-24-21-18-15-12-9-6-3)75-69(72)63-60-57-54-51-48-45-42-39-35-32-29-26-23-20-17-14-11-8-5-2/h8-9,11-12,17-18,20-22,25-27,29-31,33,35-36,38-40,43,66H,4-7,10,13-16,19,23-24,28,32,34,37,41-42,44-65H2,1-3H3/b11-8-,12-9-,20-17-,21-18-,25-22-,29-26-,30-27-,33-31-,38-36-,39-35-,43-40-. The van der Waals surface area contributed by atoms with Gasteiger partial charge in [0.05, 0.1) is 0 Å². The SMILES string of the molecule is CC/C=C\C/C=C\C/C=C\C/C=C\CCCCCCCCC(=O)OC(COC(=O)CCCCCC/C=C\C/C=C\C/C=C\C/C=C\CC)COC(=O)CCCCCCCC/C=C\C/C=C\C/C=C\CCCCCCC. The molecular formula is C69H112O6. The van der Waals surface area contributed by atoms with Crippen LogP contribution >= 0.6 is 0 Å². The minimum atomic E-state index is -0.809. The van der Waals surface area contributed by atoms with Gasteiger partial charge in [-0.25, -0.2) is 0 Å². The average molecular weight is 1040 g/mol. The Morgan fingerprint density at radius 2 is 0.520 bits per heavy atom. The highest BCUT2D eigenvalue weighted by Crippen LogP contribution is 2.14. The summed E-state index contributed by atoms with van der Waals surface area (Å²) in [5.74, 6) is -0.953. The van der Waals surface area contributed by atoms with Crippen LogP contribution in [0, 0.1) is 0 Å². The van der Waals surface area contributed by atoms with E-state index < -0.39 is 6.10 Å². The molecule has 0 aromatic rings. The predicted molar refractivity (Wildman–Crippen MR) is 325 cm³/mol. The second-order valence-electron chi connectivity index (χ2n) is 19.8. The maximum absolute atomic E-state index is 12.9. The first-order chi connectivity index (χ1) is 37.0. The Hall–Kier alpha value is -4.45. The predicted octanol–water partition coefficient (Wildman–Crippen LogP) is 21.0. The molecule has 0 N–H and O–H groups in total. The molecule has 424 valence electrons. The van der Waals surface area contributed by atoms with Gasteiger partial charge in [-0.3, -0.25) is 14.4 Å². The lowest BCUT2D eigenvalue weighted by molar-refractivity contribution is -0.167. The molecule has 0 aliphatic rings. The van der Waals surface area contributed by atoms with Crippen LogP contribution in [0.3, 0.4) is 0 Å². The Morgan fingerprint density at radius 3 is 0.813 bits per heavy atom. The lowest BCUT2D eigenvalue weighted by atomic mass is 10.1. The van der Waals surface area contributed by atoms with E-state index in [1.807, 2.05) is 0 Å². The molecule has 0 amide bonds. The molecule has 0 rings (SSSR count). The Bertz CT molecular complexity index is 1620. The first kappa shape index (κ1) is 70.5. The summed E-state index contributed by atoms with van der Waals surface area (Å²) in [6.07, 6.45) is 87.2. The number of rotatable bonds is 54. The molecule has 0 bridgehead atoms. The molecule has 0 aliphatic carbocycles. The number of unbranched alkanes of at least 4 members (excludes halogenated alkanes) is 21. The molecule has 0 aromatic carbocycles. The van der Waals surface area contributed by atoms with Crippen molar-refractivity contribution in [2.45, 2.75) is 271 Å². The number of esters is 3. The van der Waals surface area contributed by atoms with Crippen molar-refractivity contribution in [1.29, 1.82) is 0 Å². The Labute approximate surface area is 462 Å². The number of ether oxygens (including phenoxy) is 3. The average Bonchev–Trinajstić information content (AvgIpc) is 3.41. The maximum atomic E-state index is 12.9. The van der Waals surface area contributed by atoms with Crippen LogP contribution < -0.4 is 0 Å². The van der Waals surface area contributed by atoms with Crippen molar-refractivity contribution in [3.05, 3.63) is 134 Å². The molecule has 0 aromatic heterocycles. The highest BCUT2D eigenvalue weighted by atomic mass is 16.6. The van der Waals surface area contributed by atoms with E-state index >= 15 is 0 Å². The molecule has 0 fully saturated rings. The topological polar surface area (TPSA) is 78.9 Å². The van der Waals surface area contributed by atoms with Crippen molar-refractivity contribution in [3.63, 3.8) is 0 Å². The van der Waals surface area contributed by atoms with Gasteiger partial charge in [-0.2, -0.15) is 0 Å². The lowest BCUT2D eigenvalue weighted by Gasteiger charge is -2.18. The number of hydrogen-bond donors (Lipinski definition) is 0. The van der Waals surface area contributed by atoms with Crippen LogP contribution in [0.15, 0.2) is 134 Å².